The van der Waals surface area contributed by atoms with Gasteiger partial charge in [-0.1, -0.05) is 0 Å². The number of rotatable bonds is 5. The molecule has 2 aliphatic rings. The number of carbonyl (C=O) groups is 2. The lowest BCUT2D eigenvalue weighted by Crippen LogP contribution is -2.39. The fourth-order valence-corrected chi connectivity index (χ4v) is 3.08. The summed E-state index contributed by atoms with van der Waals surface area (Å²) >= 11 is 0. The summed E-state index contributed by atoms with van der Waals surface area (Å²) in [6, 6.07) is 1.67. The van der Waals surface area contributed by atoms with E-state index in [1.807, 2.05) is 0 Å². The zero-order valence-electron chi connectivity index (χ0n) is 13.7. The molecule has 2 heterocycles. The Kier molecular flexibility index (Phi) is 5.01. The van der Waals surface area contributed by atoms with Gasteiger partial charge in [0, 0.05) is 44.4 Å². The van der Waals surface area contributed by atoms with Crippen molar-refractivity contribution in [2.75, 3.05) is 19.6 Å². The molecular formula is C16H21F3N4O2. The zero-order chi connectivity index (χ0) is 18.0. The van der Waals surface area contributed by atoms with E-state index >= 15 is 0 Å². The van der Waals surface area contributed by atoms with Crippen molar-refractivity contribution in [1.29, 1.82) is 0 Å². The second-order valence-electron chi connectivity index (χ2n) is 6.69. The van der Waals surface area contributed by atoms with Crippen molar-refractivity contribution in [2.45, 2.75) is 37.9 Å². The van der Waals surface area contributed by atoms with Crippen LogP contribution in [0, 0.1) is 11.8 Å². The Morgan fingerprint density at radius 2 is 2.08 bits per heavy atom. The minimum absolute atomic E-state index is 0.0323. The van der Waals surface area contributed by atoms with Crippen molar-refractivity contribution in [1.82, 2.24) is 20.0 Å². The number of amides is 2. The number of likely N-dealkylation sites (tertiary alicyclic amines) is 1. The van der Waals surface area contributed by atoms with Gasteiger partial charge in [-0.3, -0.25) is 14.3 Å². The molecule has 25 heavy (non-hydrogen) atoms. The number of nitrogens with zero attached hydrogens (tertiary/aromatic N) is 3. The van der Waals surface area contributed by atoms with Crippen LogP contribution in [0.15, 0.2) is 18.5 Å². The Bertz CT molecular complexity index is 623. The highest BCUT2D eigenvalue weighted by molar-refractivity contribution is 5.82. The normalized spacial score (nSPS) is 28.3. The van der Waals surface area contributed by atoms with E-state index in [-0.39, 0.29) is 44.9 Å². The highest BCUT2D eigenvalue weighted by Crippen LogP contribution is 2.38. The Hall–Kier alpha value is -2.06. The summed E-state index contributed by atoms with van der Waals surface area (Å²) in [6.45, 7) is -0.107. The Labute approximate surface area is 143 Å². The van der Waals surface area contributed by atoms with Gasteiger partial charge < -0.3 is 10.2 Å². The summed E-state index contributed by atoms with van der Waals surface area (Å²) in [5.41, 5.74) is 0. The monoisotopic (exact) mass is 358 g/mol. The molecule has 0 spiro atoms. The van der Waals surface area contributed by atoms with Crippen molar-refractivity contribution in [2.24, 2.45) is 11.8 Å². The Balaban J connectivity index is 1.51. The highest BCUT2D eigenvalue weighted by Gasteiger charge is 2.48. The fraction of sp³-hybridized carbons (Fsp3) is 0.688. The van der Waals surface area contributed by atoms with Crippen molar-refractivity contribution in [3.8, 4) is 0 Å². The predicted octanol–water partition coefficient (Wildman–Crippen LogP) is 1.23. The number of aromatic nitrogens is 2. The van der Waals surface area contributed by atoms with Gasteiger partial charge in [-0.2, -0.15) is 5.10 Å². The second-order valence-corrected chi connectivity index (χ2v) is 6.69. The highest BCUT2D eigenvalue weighted by atomic mass is 19.3. The lowest BCUT2D eigenvalue weighted by Gasteiger charge is -2.24. The van der Waals surface area contributed by atoms with Crippen molar-refractivity contribution >= 4 is 11.8 Å². The van der Waals surface area contributed by atoms with Crippen LogP contribution in [0.3, 0.4) is 0 Å². The van der Waals surface area contributed by atoms with E-state index in [1.54, 1.807) is 12.3 Å². The largest absolute Gasteiger partial charge is 0.354 e. The number of alkyl halides is 3. The van der Waals surface area contributed by atoms with Crippen LogP contribution < -0.4 is 5.32 Å². The van der Waals surface area contributed by atoms with Gasteiger partial charge in [-0.05, 0) is 18.9 Å². The zero-order valence-corrected chi connectivity index (χ0v) is 13.7. The summed E-state index contributed by atoms with van der Waals surface area (Å²) in [5, 5.41) is 6.40. The number of hydrogen-bond acceptors (Lipinski definition) is 3. The maximum atomic E-state index is 14.3. The third-order valence-electron chi connectivity index (χ3n) is 4.81. The van der Waals surface area contributed by atoms with Gasteiger partial charge in [0.05, 0.1) is 5.92 Å². The lowest BCUT2D eigenvalue weighted by molar-refractivity contribution is -0.133. The smallest absolute Gasteiger partial charge is 0.254 e. The van der Waals surface area contributed by atoms with E-state index in [0.29, 0.717) is 0 Å². The molecule has 3 unspecified atom stereocenters. The predicted molar refractivity (Wildman–Crippen MR) is 82.5 cm³/mol. The average Bonchev–Trinajstić information content (AvgIpc) is 3.11. The maximum absolute atomic E-state index is 14.3. The molecule has 0 radical (unpaired) electrons. The molecule has 3 rings (SSSR count). The van der Waals surface area contributed by atoms with Crippen LogP contribution in [0.4, 0.5) is 13.2 Å². The van der Waals surface area contributed by atoms with E-state index in [4.69, 9.17) is 0 Å². The summed E-state index contributed by atoms with van der Waals surface area (Å²) in [7, 11) is 0. The Morgan fingerprint density at radius 1 is 1.32 bits per heavy atom. The van der Waals surface area contributed by atoms with Crippen molar-refractivity contribution in [3.05, 3.63) is 18.5 Å². The van der Waals surface area contributed by atoms with E-state index in [1.165, 1.54) is 15.8 Å². The van der Waals surface area contributed by atoms with E-state index in [2.05, 4.69) is 10.4 Å². The number of hydrogen-bond donors (Lipinski definition) is 1. The molecule has 9 heteroatoms. The Morgan fingerprint density at radius 3 is 2.72 bits per heavy atom. The van der Waals surface area contributed by atoms with E-state index in [0.717, 1.165) is 0 Å². The molecule has 2 fully saturated rings. The molecule has 0 aromatic carbocycles. The van der Waals surface area contributed by atoms with Crippen LogP contribution in [0.1, 0.15) is 19.3 Å². The van der Waals surface area contributed by atoms with Gasteiger partial charge in [0.15, 0.2) is 0 Å². The van der Waals surface area contributed by atoms with Gasteiger partial charge in [0.25, 0.3) is 5.92 Å². The summed E-state index contributed by atoms with van der Waals surface area (Å²) < 4.78 is 43.0. The summed E-state index contributed by atoms with van der Waals surface area (Å²) in [4.78, 5) is 25.2. The first-order valence-electron chi connectivity index (χ1n) is 8.41. The molecule has 1 N–H and O–H groups in total. The van der Waals surface area contributed by atoms with Crippen LogP contribution in [0.5, 0.6) is 0 Å². The second kappa shape index (κ2) is 7.05. The van der Waals surface area contributed by atoms with Gasteiger partial charge >= 0.3 is 0 Å². The average molecular weight is 358 g/mol. The number of carbonyl (C=O) groups excluding carboxylic acids is 2. The van der Waals surface area contributed by atoms with Crippen LogP contribution in [-0.4, -0.2) is 58.2 Å². The first-order chi connectivity index (χ1) is 11.9. The SMILES string of the molecule is O=C(Cn1cccn1)NCC1CCN(C(=O)C2CC2F)CCC1(F)F. The van der Waals surface area contributed by atoms with E-state index < -0.39 is 36.3 Å². The first kappa shape index (κ1) is 17.8. The molecule has 0 bridgehead atoms. The molecule has 3 atom stereocenters. The fourth-order valence-electron chi connectivity index (χ4n) is 3.08. The molecule has 138 valence electrons. The van der Waals surface area contributed by atoms with Crippen LogP contribution in [0.25, 0.3) is 0 Å². The molecule has 6 nitrogen and oxygen atoms in total. The van der Waals surface area contributed by atoms with Crippen LogP contribution in [-0.2, 0) is 16.1 Å². The molecule has 1 saturated carbocycles. The quantitative estimate of drug-likeness (QED) is 0.861. The van der Waals surface area contributed by atoms with Crippen molar-refractivity contribution in [3.63, 3.8) is 0 Å². The standard InChI is InChI=1S/C16H21F3N4O2/c17-13-8-12(13)15(25)22-6-2-11(16(18,19)3-7-22)9-20-14(24)10-23-5-1-4-21-23/h1,4-5,11-13H,2-3,6-10H2,(H,20,24). The lowest BCUT2D eigenvalue weighted by atomic mass is 9.96. The topological polar surface area (TPSA) is 67.2 Å². The third kappa shape index (κ3) is 4.32. The minimum atomic E-state index is -2.98. The van der Waals surface area contributed by atoms with E-state index in [9.17, 15) is 22.8 Å². The number of halogens is 3. The summed E-state index contributed by atoms with van der Waals surface area (Å²) in [5.74, 6) is -5.44. The molecule has 1 aromatic rings. The minimum Gasteiger partial charge on any atom is -0.354 e. The molecular weight excluding hydrogens is 337 g/mol. The molecule has 2 amide bonds. The molecule has 1 aliphatic heterocycles. The van der Waals surface area contributed by atoms with Crippen LogP contribution in [0.2, 0.25) is 0 Å². The first-order valence-corrected chi connectivity index (χ1v) is 8.41. The van der Waals surface area contributed by atoms with Gasteiger partial charge in [-0.25, -0.2) is 13.2 Å². The molecule has 1 aromatic heterocycles. The molecule has 1 saturated heterocycles. The number of nitrogens with one attached hydrogen (secondary N) is 1. The van der Waals surface area contributed by atoms with Crippen LogP contribution >= 0.6 is 0 Å². The van der Waals surface area contributed by atoms with Gasteiger partial charge in [-0.15, -0.1) is 0 Å². The van der Waals surface area contributed by atoms with Gasteiger partial charge in [0.2, 0.25) is 11.8 Å². The van der Waals surface area contributed by atoms with Crippen molar-refractivity contribution < 1.29 is 22.8 Å². The maximum Gasteiger partial charge on any atom is 0.254 e. The third-order valence-corrected chi connectivity index (χ3v) is 4.81. The summed E-state index contributed by atoms with van der Waals surface area (Å²) in [6.07, 6.45) is 1.80. The molecule has 1 aliphatic carbocycles. The van der Waals surface area contributed by atoms with Gasteiger partial charge in [0.1, 0.15) is 12.7 Å².